The van der Waals surface area contributed by atoms with Crippen LogP contribution < -0.4 is 0 Å². The lowest BCUT2D eigenvalue weighted by Gasteiger charge is -2.57. The highest BCUT2D eigenvalue weighted by Gasteiger charge is 2.47. The average Bonchev–Trinajstić information content (AvgIpc) is 2.39. The van der Waals surface area contributed by atoms with Gasteiger partial charge in [0, 0.05) is 37.6 Å². The quantitative estimate of drug-likeness (QED) is 0.782. The number of piperazine rings is 1. The number of hydrogen-bond donors (Lipinski definition) is 0. The Morgan fingerprint density at radius 1 is 1.11 bits per heavy atom. The summed E-state index contributed by atoms with van der Waals surface area (Å²) >= 11 is 0. The number of rotatable bonds is 3. The largest absolute Gasteiger partial charge is 0.334 e. The predicted molar refractivity (Wildman–Crippen MR) is 76.9 cm³/mol. The van der Waals surface area contributed by atoms with E-state index in [1.165, 1.54) is 38.5 Å². The minimum Gasteiger partial charge on any atom is -0.334 e. The zero-order chi connectivity index (χ0) is 13.4. The number of carbonyl (C=O) groups is 1. The molecule has 4 fully saturated rings. The number of carbonyl (C=O) groups excluding carboxylic acids is 1. The summed E-state index contributed by atoms with van der Waals surface area (Å²) < 4.78 is 0. The zero-order valence-corrected chi connectivity index (χ0v) is 12.5. The van der Waals surface area contributed by atoms with Gasteiger partial charge in [0.2, 0.25) is 5.91 Å². The van der Waals surface area contributed by atoms with Crippen molar-refractivity contribution in [1.29, 1.82) is 0 Å². The summed E-state index contributed by atoms with van der Waals surface area (Å²) in [5, 5.41) is 0. The fourth-order valence-corrected chi connectivity index (χ4v) is 4.21. The van der Waals surface area contributed by atoms with Crippen LogP contribution >= 0.6 is 0 Å². The summed E-state index contributed by atoms with van der Waals surface area (Å²) in [6.07, 6.45) is 8.70. The maximum absolute atomic E-state index is 12.5. The van der Waals surface area contributed by atoms with Crippen molar-refractivity contribution in [2.75, 3.05) is 13.1 Å². The van der Waals surface area contributed by atoms with Gasteiger partial charge in [0.15, 0.2) is 0 Å². The highest BCUT2D eigenvalue weighted by atomic mass is 16.2. The molecule has 3 saturated heterocycles. The van der Waals surface area contributed by atoms with Crippen molar-refractivity contribution in [1.82, 2.24) is 9.80 Å². The SMILES string of the molecule is CC(C)N1CC2CC(C1)N2C(=O)CC1CCCCC1. The Hall–Kier alpha value is -0.570. The van der Waals surface area contributed by atoms with Gasteiger partial charge in [0.05, 0.1) is 0 Å². The van der Waals surface area contributed by atoms with Crippen LogP contribution in [0.2, 0.25) is 0 Å². The monoisotopic (exact) mass is 264 g/mol. The molecule has 3 heterocycles. The van der Waals surface area contributed by atoms with Crippen molar-refractivity contribution in [2.45, 2.75) is 76.9 Å². The molecule has 0 aromatic rings. The van der Waals surface area contributed by atoms with Crippen molar-refractivity contribution < 1.29 is 4.79 Å². The van der Waals surface area contributed by atoms with Crippen LogP contribution in [0.4, 0.5) is 0 Å². The Morgan fingerprint density at radius 2 is 1.74 bits per heavy atom. The van der Waals surface area contributed by atoms with Crippen molar-refractivity contribution >= 4 is 5.91 Å². The topological polar surface area (TPSA) is 23.6 Å². The van der Waals surface area contributed by atoms with Gasteiger partial charge in [-0.15, -0.1) is 0 Å². The summed E-state index contributed by atoms with van der Waals surface area (Å²) in [4.78, 5) is 17.3. The van der Waals surface area contributed by atoms with Gasteiger partial charge in [-0.25, -0.2) is 0 Å². The number of piperidine rings is 1. The second kappa shape index (κ2) is 5.43. The Labute approximate surface area is 117 Å². The first-order valence-corrected chi connectivity index (χ1v) is 8.20. The van der Waals surface area contributed by atoms with Crippen LogP contribution in [0.1, 0.15) is 58.8 Å². The Bertz CT molecular complexity index is 324. The van der Waals surface area contributed by atoms with Gasteiger partial charge in [-0.05, 0) is 39.0 Å². The molecule has 3 nitrogen and oxygen atoms in total. The van der Waals surface area contributed by atoms with Gasteiger partial charge in [-0.1, -0.05) is 19.3 Å². The summed E-state index contributed by atoms with van der Waals surface area (Å²) in [7, 11) is 0. The van der Waals surface area contributed by atoms with Crippen LogP contribution in [0.3, 0.4) is 0 Å². The fraction of sp³-hybridized carbons (Fsp3) is 0.938. The molecule has 19 heavy (non-hydrogen) atoms. The summed E-state index contributed by atoms with van der Waals surface area (Å²) in [5.74, 6) is 1.14. The highest BCUT2D eigenvalue weighted by Crippen LogP contribution is 2.35. The average molecular weight is 264 g/mol. The lowest BCUT2D eigenvalue weighted by molar-refractivity contribution is -0.156. The molecule has 0 N–H and O–H groups in total. The van der Waals surface area contributed by atoms with Crippen LogP contribution in [0.15, 0.2) is 0 Å². The van der Waals surface area contributed by atoms with E-state index in [9.17, 15) is 4.79 Å². The van der Waals surface area contributed by atoms with Gasteiger partial charge in [-0.2, -0.15) is 0 Å². The second-order valence-corrected chi connectivity index (χ2v) is 7.10. The van der Waals surface area contributed by atoms with Crippen molar-refractivity contribution in [3.05, 3.63) is 0 Å². The van der Waals surface area contributed by atoms with Gasteiger partial charge >= 0.3 is 0 Å². The first kappa shape index (κ1) is 13.4. The lowest BCUT2D eigenvalue weighted by atomic mass is 9.83. The van der Waals surface area contributed by atoms with Crippen LogP contribution in [0.25, 0.3) is 0 Å². The van der Waals surface area contributed by atoms with E-state index >= 15 is 0 Å². The summed E-state index contributed by atoms with van der Waals surface area (Å²) in [6, 6.07) is 1.68. The molecule has 0 spiro atoms. The van der Waals surface area contributed by atoms with E-state index in [0.717, 1.165) is 19.5 Å². The molecule has 3 heteroatoms. The molecule has 1 amide bonds. The molecule has 4 aliphatic rings. The van der Waals surface area contributed by atoms with Crippen LogP contribution in [-0.2, 0) is 4.79 Å². The Kier molecular flexibility index (Phi) is 3.84. The Morgan fingerprint density at radius 3 is 2.32 bits per heavy atom. The zero-order valence-electron chi connectivity index (χ0n) is 12.5. The molecule has 2 unspecified atom stereocenters. The maximum atomic E-state index is 12.5. The van der Waals surface area contributed by atoms with E-state index in [0.29, 0.717) is 30.0 Å². The molecule has 1 saturated carbocycles. The molecule has 0 aromatic carbocycles. The molecule has 4 rings (SSSR count). The van der Waals surface area contributed by atoms with E-state index in [2.05, 4.69) is 23.6 Å². The normalized spacial score (nSPS) is 32.5. The molecule has 0 radical (unpaired) electrons. The molecule has 108 valence electrons. The van der Waals surface area contributed by atoms with Gasteiger partial charge in [0.25, 0.3) is 0 Å². The third-order valence-corrected chi connectivity index (χ3v) is 5.43. The number of amides is 1. The summed E-state index contributed by atoms with van der Waals surface area (Å²) in [6.45, 7) is 6.73. The van der Waals surface area contributed by atoms with E-state index in [4.69, 9.17) is 0 Å². The molecule has 2 atom stereocenters. The maximum Gasteiger partial charge on any atom is 0.223 e. The number of hydrogen-bond acceptors (Lipinski definition) is 2. The smallest absolute Gasteiger partial charge is 0.223 e. The minimum absolute atomic E-state index is 0.455. The second-order valence-electron chi connectivity index (χ2n) is 7.10. The lowest BCUT2D eigenvalue weighted by Crippen LogP contribution is -2.71. The third kappa shape index (κ3) is 2.67. The minimum atomic E-state index is 0.455. The molecular weight excluding hydrogens is 236 g/mol. The van der Waals surface area contributed by atoms with Crippen molar-refractivity contribution in [3.63, 3.8) is 0 Å². The molecule has 3 aliphatic heterocycles. The van der Waals surface area contributed by atoms with Crippen molar-refractivity contribution in [2.24, 2.45) is 5.92 Å². The molecule has 0 aromatic heterocycles. The van der Waals surface area contributed by atoms with E-state index in [1.807, 2.05) is 0 Å². The van der Waals surface area contributed by atoms with E-state index in [-0.39, 0.29) is 0 Å². The highest BCUT2D eigenvalue weighted by molar-refractivity contribution is 5.78. The first-order chi connectivity index (χ1) is 9.15. The van der Waals surface area contributed by atoms with Gasteiger partial charge in [-0.3, -0.25) is 9.69 Å². The third-order valence-electron chi connectivity index (χ3n) is 5.43. The summed E-state index contributed by atoms with van der Waals surface area (Å²) in [5.41, 5.74) is 0. The van der Waals surface area contributed by atoms with Crippen LogP contribution in [-0.4, -0.2) is 46.9 Å². The Balaban J connectivity index is 1.52. The van der Waals surface area contributed by atoms with E-state index in [1.54, 1.807) is 0 Å². The predicted octanol–water partition coefficient (Wildman–Crippen LogP) is 2.65. The standard InChI is InChI=1S/C16H28N2O/c1-12(2)17-10-14-9-15(11-17)18(14)16(19)8-13-6-4-3-5-7-13/h12-15H,3-11H2,1-2H3. The van der Waals surface area contributed by atoms with Crippen molar-refractivity contribution in [3.8, 4) is 0 Å². The first-order valence-electron chi connectivity index (χ1n) is 8.20. The van der Waals surface area contributed by atoms with Crippen LogP contribution in [0.5, 0.6) is 0 Å². The van der Waals surface area contributed by atoms with Gasteiger partial charge in [0.1, 0.15) is 0 Å². The fourth-order valence-electron chi connectivity index (χ4n) is 4.21. The molecular formula is C16H28N2O. The number of fused-ring (bicyclic) bond motifs is 2. The van der Waals surface area contributed by atoms with Gasteiger partial charge < -0.3 is 4.90 Å². The van der Waals surface area contributed by atoms with E-state index < -0.39 is 0 Å². The number of nitrogens with zero attached hydrogens (tertiary/aromatic N) is 2. The van der Waals surface area contributed by atoms with Crippen LogP contribution in [0, 0.1) is 5.92 Å². The molecule has 2 bridgehead atoms. The molecule has 1 aliphatic carbocycles.